The summed E-state index contributed by atoms with van der Waals surface area (Å²) in [5.74, 6) is 0. The standard InChI is InChI=1S/C12H24N2O/c1-13-11-3-7-14(9-11)10-12(4-5-12)6-8-15-2/h11,13H,3-10H2,1-2H3. The van der Waals surface area contributed by atoms with E-state index in [1.807, 2.05) is 7.11 Å². The first kappa shape index (κ1) is 11.4. The first-order chi connectivity index (χ1) is 7.28. The topological polar surface area (TPSA) is 24.5 Å². The summed E-state index contributed by atoms with van der Waals surface area (Å²) in [6.45, 7) is 4.75. The number of nitrogens with zero attached hydrogens (tertiary/aromatic N) is 1. The summed E-state index contributed by atoms with van der Waals surface area (Å²) in [5, 5.41) is 3.38. The van der Waals surface area contributed by atoms with Crippen LogP contribution in [0, 0.1) is 5.41 Å². The van der Waals surface area contributed by atoms with E-state index in [0.717, 1.165) is 12.6 Å². The Morgan fingerprint density at radius 2 is 2.27 bits per heavy atom. The maximum Gasteiger partial charge on any atom is 0.0468 e. The Morgan fingerprint density at radius 3 is 2.80 bits per heavy atom. The molecule has 15 heavy (non-hydrogen) atoms. The minimum Gasteiger partial charge on any atom is -0.385 e. The van der Waals surface area contributed by atoms with Crippen molar-refractivity contribution < 1.29 is 4.74 Å². The molecule has 0 radical (unpaired) electrons. The van der Waals surface area contributed by atoms with Crippen molar-refractivity contribution >= 4 is 0 Å². The highest BCUT2D eigenvalue weighted by atomic mass is 16.5. The molecule has 3 nitrogen and oxygen atoms in total. The third-order valence-corrected chi connectivity index (χ3v) is 4.03. The molecule has 0 bridgehead atoms. The van der Waals surface area contributed by atoms with Gasteiger partial charge in [0.05, 0.1) is 0 Å². The van der Waals surface area contributed by atoms with E-state index in [2.05, 4.69) is 17.3 Å². The molecule has 2 aliphatic rings. The molecule has 3 heteroatoms. The van der Waals surface area contributed by atoms with E-state index >= 15 is 0 Å². The van der Waals surface area contributed by atoms with Gasteiger partial charge in [-0.05, 0) is 44.7 Å². The van der Waals surface area contributed by atoms with Crippen molar-refractivity contribution in [1.29, 1.82) is 0 Å². The Balaban J connectivity index is 1.72. The van der Waals surface area contributed by atoms with Gasteiger partial charge >= 0.3 is 0 Å². The molecule has 1 N–H and O–H groups in total. The smallest absolute Gasteiger partial charge is 0.0468 e. The van der Waals surface area contributed by atoms with Crippen molar-refractivity contribution in [3.63, 3.8) is 0 Å². The fourth-order valence-corrected chi connectivity index (χ4v) is 2.67. The van der Waals surface area contributed by atoms with Crippen LogP contribution in [0.4, 0.5) is 0 Å². The molecule has 2 rings (SSSR count). The minimum atomic E-state index is 0.624. The van der Waals surface area contributed by atoms with Crippen LogP contribution in [0.25, 0.3) is 0 Å². The van der Waals surface area contributed by atoms with Gasteiger partial charge in [-0.2, -0.15) is 0 Å². The van der Waals surface area contributed by atoms with Crippen LogP contribution >= 0.6 is 0 Å². The maximum absolute atomic E-state index is 5.19. The molecule has 1 heterocycles. The molecule has 1 saturated carbocycles. The molecule has 1 saturated heterocycles. The highest BCUT2D eigenvalue weighted by molar-refractivity contribution is 4.97. The lowest BCUT2D eigenvalue weighted by atomic mass is 10.0. The normalized spacial score (nSPS) is 29.6. The van der Waals surface area contributed by atoms with Gasteiger partial charge in [0.15, 0.2) is 0 Å². The number of likely N-dealkylation sites (N-methyl/N-ethyl adjacent to an activating group) is 1. The SMILES string of the molecule is CNC1CCN(CC2(CCOC)CC2)C1. The molecule has 1 aliphatic carbocycles. The van der Waals surface area contributed by atoms with Crippen molar-refractivity contribution in [1.82, 2.24) is 10.2 Å². The molecule has 0 aromatic rings. The second-order valence-corrected chi connectivity index (χ2v) is 5.25. The number of ether oxygens (including phenoxy) is 1. The third-order valence-electron chi connectivity index (χ3n) is 4.03. The van der Waals surface area contributed by atoms with E-state index in [9.17, 15) is 0 Å². The van der Waals surface area contributed by atoms with Crippen molar-refractivity contribution in [2.75, 3.05) is 40.4 Å². The number of rotatable bonds is 6. The second-order valence-electron chi connectivity index (χ2n) is 5.25. The van der Waals surface area contributed by atoms with E-state index in [1.165, 1.54) is 45.3 Å². The quantitative estimate of drug-likeness (QED) is 0.713. The second kappa shape index (κ2) is 4.81. The molecule has 0 amide bonds. The fourth-order valence-electron chi connectivity index (χ4n) is 2.67. The van der Waals surface area contributed by atoms with Gasteiger partial charge in [0, 0.05) is 32.8 Å². The van der Waals surface area contributed by atoms with Gasteiger partial charge in [-0.1, -0.05) is 0 Å². The van der Waals surface area contributed by atoms with Crippen LogP contribution in [-0.4, -0.2) is 51.3 Å². The molecule has 0 spiro atoms. The molecule has 2 fully saturated rings. The van der Waals surface area contributed by atoms with Crippen molar-refractivity contribution in [2.24, 2.45) is 5.41 Å². The molecule has 0 aromatic carbocycles. The van der Waals surface area contributed by atoms with Gasteiger partial charge in [0.2, 0.25) is 0 Å². The van der Waals surface area contributed by atoms with Crippen molar-refractivity contribution in [3.8, 4) is 0 Å². The number of methoxy groups -OCH3 is 1. The Kier molecular flexibility index (Phi) is 3.65. The molecule has 1 atom stereocenters. The zero-order chi connectivity index (χ0) is 10.7. The molecular weight excluding hydrogens is 188 g/mol. The zero-order valence-electron chi connectivity index (χ0n) is 10.1. The van der Waals surface area contributed by atoms with Gasteiger partial charge in [0.25, 0.3) is 0 Å². The third kappa shape index (κ3) is 2.92. The van der Waals surface area contributed by atoms with Crippen molar-refractivity contribution in [3.05, 3.63) is 0 Å². The summed E-state index contributed by atoms with van der Waals surface area (Å²) in [5.41, 5.74) is 0.624. The minimum absolute atomic E-state index is 0.624. The van der Waals surface area contributed by atoms with Crippen LogP contribution < -0.4 is 5.32 Å². The highest BCUT2D eigenvalue weighted by Crippen LogP contribution is 2.49. The molecule has 1 aliphatic heterocycles. The van der Waals surface area contributed by atoms with Gasteiger partial charge in [-0.3, -0.25) is 0 Å². The molecule has 1 unspecified atom stereocenters. The summed E-state index contributed by atoms with van der Waals surface area (Å²) in [7, 11) is 3.88. The van der Waals surface area contributed by atoms with E-state index < -0.39 is 0 Å². The van der Waals surface area contributed by atoms with Gasteiger partial charge in [-0.25, -0.2) is 0 Å². The van der Waals surface area contributed by atoms with Crippen LogP contribution in [0.5, 0.6) is 0 Å². The van der Waals surface area contributed by atoms with E-state index in [4.69, 9.17) is 4.74 Å². The number of hydrogen-bond acceptors (Lipinski definition) is 3. The lowest BCUT2D eigenvalue weighted by molar-refractivity contribution is 0.154. The van der Waals surface area contributed by atoms with E-state index in [-0.39, 0.29) is 0 Å². The lowest BCUT2D eigenvalue weighted by Crippen LogP contribution is -2.33. The predicted molar refractivity (Wildman–Crippen MR) is 62.1 cm³/mol. The maximum atomic E-state index is 5.19. The van der Waals surface area contributed by atoms with Crippen molar-refractivity contribution in [2.45, 2.75) is 31.7 Å². The molecule has 88 valence electrons. The average molecular weight is 212 g/mol. The Morgan fingerprint density at radius 1 is 1.47 bits per heavy atom. The highest BCUT2D eigenvalue weighted by Gasteiger charge is 2.44. The largest absolute Gasteiger partial charge is 0.385 e. The van der Waals surface area contributed by atoms with Crippen LogP contribution in [0.15, 0.2) is 0 Å². The van der Waals surface area contributed by atoms with E-state index in [0.29, 0.717) is 5.41 Å². The molecule has 0 aromatic heterocycles. The number of nitrogens with one attached hydrogen (secondary N) is 1. The Labute approximate surface area is 93.2 Å². The summed E-state index contributed by atoms with van der Waals surface area (Å²) in [4.78, 5) is 2.63. The summed E-state index contributed by atoms with van der Waals surface area (Å²) >= 11 is 0. The van der Waals surface area contributed by atoms with Gasteiger partial charge < -0.3 is 15.0 Å². The first-order valence-electron chi connectivity index (χ1n) is 6.16. The zero-order valence-corrected chi connectivity index (χ0v) is 10.1. The number of likely N-dealkylation sites (tertiary alicyclic amines) is 1. The lowest BCUT2D eigenvalue weighted by Gasteiger charge is -2.23. The van der Waals surface area contributed by atoms with Gasteiger partial charge in [-0.15, -0.1) is 0 Å². The van der Waals surface area contributed by atoms with Crippen LogP contribution in [0.3, 0.4) is 0 Å². The Bertz CT molecular complexity index is 204. The predicted octanol–water partition coefficient (Wildman–Crippen LogP) is 1.10. The van der Waals surface area contributed by atoms with Gasteiger partial charge in [0.1, 0.15) is 0 Å². The van der Waals surface area contributed by atoms with E-state index in [1.54, 1.807) is 0 Å². The summed E-state index contributed by atoms with van der Waals surface area (Å²) in [6, 6.07) is 0.725. The number of hydrogen-bond donors (Lipinski definition) is 1. The fraction of sp³-hybridized carbons (Fsp3) is 1.00. The van der Waals surface area contributed by atoms with Crippen LogP contribution in [-0.2, 0) is 4.74 Å². The average Bonchev–Trinajstić information content (AvgIpc) is 2.85. The summed E-state index contributed by atoms with van der Waals surface area (Å²) in [6.07, 6.45) is 5.40. The Hall–Kier alpha value is -0.120. The van der Waals surface area contributed by atoms with Crippen LogP contribution in [0.1, 0.15) is 25.7 Å². The molecular formula is C12H24N2O. The first-order valence-corrected chi connectivity index (χ1v) is 6.16. The monoisotopic (exact) mass is 212 g/mol. The van der Waals surface area contributed by atoms with Crippen LogP contribution in [0.2, 0.25) is 0 Å². The summed E-state index contributed by atoms with van der Waals surface area (Å²) < 4.78 is 5.19.